The molecule has 0 rings (SSSR count). The fraction of sp³-hybridized carbons (Fsp3) is 0.750. The van der Waals surface area contributed by atoms with Crippen LogP contribution in [0.25, 0.3) is 0 Å². The quantitative estimate of drug-likeness (QED) is 0.301. The summed E-state index contributed by atoms with van der Waals surface area (Å²) >= 11 is 0. The van der Waals surface area contributed by atoms with E-state index in [1.54, 1.807) is 83.1 Å². The Hall–Kier alpha value is -2.56. The molecule has 0 aromatic heterocycles. The molecule has 45 heavy (non-hydrogen) atoms. The predicted octanol–water partition coefficient (Wildman–Crippen LogP) is -0.0521. The standard InChI is InChI=1S/4C8H14O3.Zr/c4*1-5(7(10)11)6(9)8(2,3)4;/h4*5H,1-4H3,(H,10,11);/q;;;;+4/p-4. The Morgan fingerprint density at radius 1 is 0.333 bits per heavy atom. The molecule has 0 aliphatic rings. The summed E-state index contributed by atoms with van der Waals surface area (Å²) in [6.07, 6.45) is 0. The first-order valence-electron chi connectivity index (χ1n) is 14.1. The molecule has 0 bridgehead atoms. The number of ketones is 4. The number of carbonyl (C=O) groups excluding carboxylic acids is 8. The number of hydrogen-bond acceptors (Lipinski definition) is 12. The van der Waals surface area contributed by atoms with E-state index in [0.29, 0.717) is 0 Å². The molecule has 12 nitrogen and oxygen atoms in total. The molecule has 0 heterocycles. The van der Waals surface area contributed by atoms with Crippen molar-refractivity contribution in [2.45, 2.75) is 111 Å². The monoisotopic (exact) mass is 718 g/mol. The molecule has 0 fully saturated rings. The van der Waals surface area contributed by atoms with Crippen LogP contribution in [0, 0.1) is 45.3 Å². The second-order valence-electron chi connectivity index (χ2n) is 14.6. The number of rotatable bonds is 8. The van der Waals surface area contributed by atoms with E-state index in [-0.39, 0.29) is 49.3 Å². The van der Waals surface area contributed by atoms with Gasteiger partial charge in [-0.15, -0.1) is 0 Å². The number of carboxylic acids is 4. The maximum atomic E-state index is 11.2. The zero-order chi connectivity index (χ0) is 36.9. The topological polar surface area (TPSA) is 229 Å². The van der Waals surface area contributed by atoms with E-state index in [0.717, 1.165) is 0 Å². The van der Waals surface area contributed by atoms with Gasteiger partial charge in [0.2, 0.25) is 0 Å². The third kappa shape index (κ3) is 22.6. The van der Waals surface area contributed by atoms with Crippen molar-refractivity contribution in [1.29, 1.82) is 0 Å². The third-order valence-corrected chi connectivity index (χ3v) is 5.94. The molecule has 0 N–H and O–H groups in total. The van der Waals surface area contributed by atoms with E-state index in [9.17, 15) is 58.8 Å². The summed E-state index contributed by atoms with van der Waals surface area (Å²) in [4.78, 5) is 85.8. The van der Waals surface area contributed by atoms with Crippen molar-refractivity contribution in [3.05, 3.63) is 0 Å². The summed E-state index contributed by atoms with van der Waals surface area (Å²) in [5.41, 5.74) is -2.39. The van der Waals surface area contributed by atoms with Gasteiger partial charge in [-0.2, -0.15) is 0 Å². The molecule has 0 aliphatic carbocycles. The number of Topliss-reactive ketones (excluding diaryl/α,β-unsaturated/α-hetero) is 4. The van der Waals surface area contributed by atoms with E-state index >= 15 is 0 Å². The second-order valence-corrected chi connectivity index (χ2v) is 14.6. The van der Waals surface area contributed by atoms with Crippen molar-refractivity contribution < 1.29 is 85.0 Å². The third-order valence-electron chi connectivity index (χ3n) is 5.94. The zero-order valence-corrected chi connectivity index (χ0v) is 32.2. The fourth-order valence-corrected chi connectivity index (χ4v) is 3.03. The van der Waals surface area contributed by atoms with E-state index in [2.05, 4.69) is 0 Å². The molecule has 13 heteroatoms. The van der Waals surface area contributed by atoms with Crippen molar-refractivity contribution >= 4 is 47.0 Å². The summed E-state index contributed by atoms with van der Waals surface area (Å²) in [6, 6.07) is 0. The average Bonchev–Trinajstić information content (AvgIpc) is 2.83. The van der Waals surface area contributed by atoms with E-state index in [4.69, 9.17) is 0 Å². The second kappa shape index (κ2) is 20.5. The molecule has 4 atom stereocenters. The van der Waals surface area contributed by atoms with Gasteiger partial charge in [-0.05, 0) is 0 Å². The van der Waals surface area contributed by atoms with Crippen LogP contribution in [0.5, 0.6) is 0 Å². The Balaban J connectivity index is -0.000000157. The van der Waals surface area contributed by atoms with E-state index in [1.807, 2.05) is 0 Å². The number of carbonyl (C=O) groups is 8. The Morgan fingerprint density at radius 3 is 0.444 bits per heavy atom. The molecule has 0 saturated heterocycles. The van der Waals surface area contributed by atoms with Crippen molar-refractivity contribution in [2.75, 3.05) is 0 Å². The minimum Gasteiger partial charge on any atom is -0.549 e. The van der Waals surface area contributed by atoms with E-state index < -0.39 is 69.2 Å². The summed E-state index contributed by atoms with van der Waals surface area (Å²) in [5.74, 6) is -10.4. The first kappa shape index (κ1) is 52.0. The van der Waals surface area contributed by atoms with Gasteiger partial charge in [0, 0.05) is 21.7 Å². The van der Waals surface area contributed by atoms with Crippen LogP contribution < -0.4 is 20.4 Å². The first-order valence-corrected chi connectivity index (χ1v) is 14.1. The molecule has 256 valence electrons. The minimum atomic E-state index is -1.30. The van der Waals surface area contributed by atoms with Crippen molar-refractivity contribution in [2.24, 2.45) is 45.3 Å². The van der Waals surface area contributed by atoms with Crippen LogP contribution in [0.2, 0.25) is 0 Å². The van der Waals surface area contributed by atoms with Crippen molar-refractivity contribution in [3.8, 4) is 0 Å². The molecular weight excluding hydrogens is 668 g/mol. The van der Waals surface area contributed by atoms with Gasteiger partial charge in [0.05, 0.1) is 47.5 Å². The normalized spacial score (nSPS) is 13.9. The average molecular weight is 720 g/mol. The van der Waals surface area contributed by atoms with Gasteiger partial charge < -0.3 is 39.6 Å². The largest absolute Gasteiger partial charge is 4.00 e. The number of hydrogen-bond donors (Lipinski definition) is 0. The van der Waals surface area contributed by atoms with E-state index in [1.165, 1.54) is 27.7 Å². The Morgan fingerprint density at radius 2 is 0.422 bits per heavy atom. The van der Waals surface area contributed by atoms with Gasteiger partial charge in [0.1, 0.15) is 23.1 Å². The van der Waals surface area contributed by atoms with Crippen LogP contribution in [0.1, 0.15) is 111 Å². The minimum absolute atomic E-state index is 0. The Labute approximate surface area is 287 Å². The SMILES string of the molecule is CC(C(=O)[O-])C(=O)C(C)(C)C.CC(C(=O)[O-])C(=O)C(C)(C)C.CC(C(=O)[O-])C(=O)C(C)(C)C.CC(C(=O)[O-])C(=O)C(C)(C)C.[Zr+4]. The van der Waals surface area contributed by atoms with Crippen LogP contribution in [-0.2, 0) is 64.6 Å². The molecular formula is C32H52O12Zr. The van der Waals surface area contributed by atoms with Crippen LogP contribution in [0.4, 0.5) is 0 Å². The van der Waals surface area contributed by atoms with Gasteiger partial charge >= 0.3 is 26.2 Å². The van der Waals surface area contributed by atoms with Gasteiger partial charge in [0.25, 0.3) is 0 Å². The molecule has 0 spiro atoms. The fourth-order valence-electron chi connectivity index (χ4n) is 3.03. The molecule has 4 unspecified atom stereocenters. The van der Waals surface area contributed by atoms with Gasteiger partial charge in [-0.3, -0.25) is 19.2 Å². The molecule has 0 aromatic carbocycles. The molecule has 0 amide bonds. The Kier molecular flexibility index (Phi) is 23.7. The van der Waals surface area contributed by atoms with Gasteiger partial charge in [0.15, 0.2) is 0 Å². The first-order chi connectivity index (χ1) is 19.1. The number of carboxylic acid groups (broad SMARTS) is 4. The van der Waals surface area contributed by atoms with Crippen LogP contribution in [0.3, 0.4) is 0 Å². The summed E-state index contributed by atoms with van der Waals surface area (Å²) < 4.78 is 0. The summed E-state index contributed by atoms with van der Waals surface area (Å²) in [5, 5.41) is 41.0. The molecule has 0 aliphatic heterocycles. The Bertz CT molecular complexity index is 880. The van der Waals surface area contributed by atoms with Gasteiger partial charge in [-0.1, -0.05) is 111 Å². The zero-order valence-electron chi connectivity index (χ0n) is 29.7. The predicted molar refractivity (Wildman–Crippen MR) is 155 cm³/mol. The maximum absolute atomic E-state index is 11.2. The smallest absolute Gasteiger partial charge is 0.549 e. The summed E-state index contributed by atoms with van der Waals surface area (Å²) in [6.45, 7) is 25.7. The molecule has 0 saturated carbocycles. The molecule has 0 radical (unpaired) electrons. The van der Waals surface area contributed by atoms with Crippen LogP contribution in [-0.4, -0.2) is 47.0 Å². The van der Waals surface area contributed by atoms with Crippen molar-refractivity contribution in [3.63, 3.8) is 0 Å². The van der Waals surface area contributed by atoms with Crippen LogP contribution >= 0.6 is 0 Å². The van der Waals surface area contributed by atoms with Gasteiger partial charge in [-0.25, -0.2) is 0 Å². The number of aliphatic carboxylic acids is 4. The summed E-state index contributed by atoms with van der Waals surface area (Å²) in [7, 11) is 0. The maximum Gasteiger partial charge on any atom is 4.00 e. The molecule has 0 aromatic rings. The van der Waals surface area contributed by atoms with Crippen molar-refractivity contribution in [1.82, 2.24) is 0 Å². The van der Waals surface area contributed by atoms with Crippen LogP contribution in [0.15, 0.2) is 0 Å².